The second kappa shape index (κ2) is 5.38. The Labute approximate surface area is 103 Å². The summed E-state index contributed by atoms with van der Waals surface area (Å²) in [7, 11) is 0. The molecule has 5 nitrogen and oxygen atoms in total. The van der Waals surface area contributed by atoms with Crippen molar-refractivity contribution < 1.29 is 10.0 Å². The molecule has 1 fully saturated rings. The summed E-state index contributed by atoms with van der Waals surface area (Å²) in [4.78, 5) is 14.2. The molecule has 5 heteroatoms. The van der Waals surface area contributed by atoms with Gasteiger partial charge in [0.2, 0.25) is 5.91 Å². The third kappa shape index (κ3) is 2.90. The zero-order valence-corrected chi connectivity index (χ0v) is 11.1. The summed E-state index contributed by atoms with van der Waals surface area (Å²) in [6, 6.07) is 0. The van der Waals surface area contributed by atoms with Crippen LogP contribution in [-0.4, -0.2) is 34.9 Å². The maximum absolute atomic E-state index is 12.3. The lowest BCUT2D eigenvalue weighted by atomic mass is 9.93. The highest BCUT2D eigenvalue weighted by atomic mass is 16.4. The van der Waals surface area contributed by atoms with E-state index in [1.807, 2.05) is 18.7 Å². The Kier molecular flexibility index (Phi) is 4.37. The maximum atomic E-state index is 12.3. The molecule has 1 aliphatic rings. The van der Waals surface area contributed by atoms with Crippen LogP contribution in [0.15, 0.2) is 5.16 Å². The number of hydrogen-bond acceptors (Lipinski definition) is 3. The number of rotatable bonds is 3. The summed E-state index contributed by atoms with van der Waals surface area (Å²) in [5.74, 6) is 0.531. The standard InChI is InChI=1S/C12H23N3O2/c1-7(2)10(11(13)14-17)12(16)15-5-8(3)9(4)6-15/h7-10,17H,5-6H2,1-4H3,(H2,13,14). The van der Waals surface area contributed by atoms with Crippen molar-refractivity contribution in [2.75, 3.05) is 13.1 Å². The number of amidine groups is 1. The summed E-state index contributed by atoms with van der Waals surface area (Å²) in [5.41, 5.74) is 5.61. The van der Waals surface area contributed by atoms with Crippen LogP contribution in [0.2, 0.25) is 0 Å². The van der Waals surface area contributed by atoms with Crippen LogP contribution < -0.4 is 5.73 Å². The highest BCUT2D eigenvalue weighted by Crippen LogP contribution is 2.25. The van der Waals surface area contributed by atoms with Gasteiger partial charge in [-0.15, -0.1) is 0 Å². The lowest BCUT2D eigenvalue weighted by molar-refractivity contribution is -0.133. The zero-order valence-electron chi connectivity index (χ0n) is 11.1. The molecule has 1 saturated heterocycles. The van der Waals surface area contributed by atoms with Gasteiger partial charge in [0.05, 0.1) is 0 Å². The van der Waals surface area contributed by atoms with Crippen molar-refractivity contribution in [3.05, 3.63) is 0 Å². The third-order valence-electron chi connectivity index (χ3n) is 3.67. The monoisotopic (exact) mass is 241 g/mol. The molecular formula is C12H23N3O2. The van der Waals surface area contributed by atoms with Crippen LogP contribution >= 0.6 is 0 Å². The van der Waals surface area contributed by atoms with Gasteiger partial charge >= 0.3 is 0 Å². The number of amides is 1. The van der Waals surface area contributed by atoms with Crippen LogP contribution in [0.1, 0.15) is 27.7 Å². The van der Waals surface area contributed by atoms with Gasteiger partial charge in [0.25, 0.3) is 0 Å². The first-order valence-electron chi connectivity index (χ1n) is 6.14. The molecule has 0 spiro atoms. The number of carbonyl (C=O) groups excluding carboxylic acids is 1. The smallest absolute Gasteiger partial charge is 0.233 e. The lowest BCUT2D eigenvalue weighted by Gasteiger charge is -2.25. The molecule has 1 aliphatic heterocycles. The van der Waals surface area contributed by atoms with E-state index in [1.54, 1.807) is 0 Å². The Bertz CT molecular complexity index is 305. The molecular weight excluding hydrogens is 218 g/mol. The second-order valence-electron chi connectivity index (χ2n) is 5.44. The van der Waals surface area contributed by atoms with Gasteiger partial charge in [-0.2, -0.15) is 0 Å². The second-order valence-corrected chi connectivity index (χ2v) is 5.44. The van der Waals surface area contributed by atoms with Gasteiger partial charge in [0.1, 0.15) is 5.92 Å². The molecule has 3 atom stereocenters. The Hall–Kier alpha value is -1.26. The Balaban J connectivity index is 2.80. The van der Waals surface area contributed by atoms with Gasteiger partial charge in [-0.3, -0.25) is 4.79 Å². The van der Waals surface area contributed by atoms with Gasteiger partial charge in [-0.25, -0.2) is 0 Å². The molecule has 0 aromatic carbocycles. The lowest BCUT2D eigenvalue weighted by Crippen LogP contribution is -2.43. The number of nitrogens with zero attached hydrogens (tertiary/aromatic N) is 2. The quantitative estimate of drug-likeness (QED) is 0.336. The van der Waals surface area contributed by atoms with Crippen LogP contribution in [0.4, 0.5) is 0 Å². The number of oxime groups is 1. The first-order valence-corrected chi connectivity index (χ1v) is 6.14. The van der Waals surface area contributed by atoms with Crippen LogP contribution in [-0.2, 0) is 4.79 Å². The predicted octanol–water partition coefficient (Wildman–Crippen LogP) is 1.12. The largest absolute Gasteiger partial charge is 0.409 e. The highest BCUT2D eigenvalue weighted by Gasteiger charge is 2.36. The maximum Gasteiger partial charge on any atom is 0.233 e. The molecule has 0 aromatic heterocycles. The van der Waals surface area contributed by atoms with Crippen molar-refractivity contribution in [1.82, 2.24) is 4.90 Å². The van der Waals surface area contributed by atoms with Crippen LogP contribution in [0.3, 0.4) is 0 Å². The van der Waals surface area contributed by atoms with E-state index in [2.05, 4.69) is 19.0 Å². The molecule has 0 aromatic rings. The van der Waals surface area contributed by atoms with Crippen molar-refractivity contribution in [3.8, 4) is 0 Å². The first kappa shape index (κ1) is 13.8. The van der Waals surface area contributed by atoms with E-state index in [-0.39, 0.29) is 17.7 Å². The molecule has 1 amide bonds. The summed E-state index contributed by atoms with van der Waals surface area (Å²) in [6.45, 7) is 9.63. The number of hydrogen-bond donors (Lipinski definition) is 2. The Morgan fingerprint density at radius 1 is 1.35 bits per heavy atom. The minimum atomic E-state index is -0.516. The summed E-state index contributed by atoms with van der Waals surface area (Å²) < 4.78 is 0. The molecule has 0 bridgehead atoms. The third-order valence-corrected chi connectivity index (χ3v) is 3.67. The molecule has 0 aliphatic carbocycles. The van der Waals surface area contributed by atoms with E-state index in [0.717, 1.165) is 13.1 Å². The average Bonchev–Trinajstić information content (AvgIpc) is 2.58. The van der Waals surface area contributed by atoms with Gasteiger partial charge in [0, 0.05) is 13.1 Å². The normalized spacial score (nSPS) is 27.6. The van der Waals surface area contributed by atoms with Crippen LogP contribution in [0.25, 0.3) is 0 Å². The van der Waals surface area contributed by atoms with Crippen LogP contribution in [0, 0.1) is 23.7 Å². The van der Waals surface area contributed by atoms with Crippen LogP contribution in [0.5, 0.6) is 0 Å². The van der Waals surface area contributed by atoms with Crippen molar-refractivity contribution >= 4 is 11.7 Å². The van der Waals surface area contributed by atoms with E-state index < -0.39 is 5.92 Å². The summed E-state index contributed by atoms with van der Waals surface area (Å²) in [6.07, 6.45) is 0. The van der Waals surface area contributed by atoms with E-state index in [9.17, 15) is 4.79 Å². The van der Waals surface area contributed by atoms with E-state index in [1.165, 1.54) is 0 Å². The Morgan fingerprint density at radius 3 is 2.18 bits per heavy atom. The Morgan fingerprint density at radius 2 is 1.82 bits per heavy atom. The molecule has 17 heavy (non-hydrogen) atoms. The van der Waals surface area contributed by atoms with Crippen molar-refractivity contribution in [1.29, 1.82) is 0 Å². The van der Waals surface area contributed by atoms with Gasteiger partial charge in [0.15, 0.2) is 5.84 Å². The van der Waals surface area contributed by atoms with Gasteiger partial charge in [-0.05, 0) is 17.8 Å². The fourth-order valence-corrected chi connectivity index (χ4v) is 2.32. The van der Waals surface area contributed by atoms with Crippen molar-refractivity contribution in [3.63, 3.8) is 0 Å². The zero-order chi connectivity index (χ0) is 13.2. The van der Waals surface area contributed by atoms with E-state index >= 15 is 0 Å². The van der Waals surface area contributed by atoms with Gasteiger partial charge < -0.3 is 15.8 Å². The summed E-state index contributed by atoms with van der Waals surface area (Å²) in [5, 5.41) is 11.7. The summed E-state index contributed by atoms with van der Waals surface area (Å²) >= 11 is 0. The fraction of sp³-hybridized carbons (Fsp3) is 0.833. The first-order chi connectivity index (χ1) is 7.88. The predicted molar refractivity (Wildman–Crippen MR) is 66.6 cm³/mol. The molecule has 98 valence electrons. The van der Waals surface area contributed by atoms with Gasteiger partial charge in [-0.1, -0.05) is 32.9 Å². The van der Waals surface area contributed by atoms with E-state index in [0.29, 0.717) is 11.8 Å². The molecule has 0 saturated carbocycles. The average molecular weight is 241 g/mol. The molecule has 1 heterocycles. The minimum Gasteiger partial charge on any atom is -0.409 e. The number of likely N-dealkylation sites (tertiary alicyclic amines) is 1. The highest BCUT2D eigenvalue weighted by molar-refractivity contribution is 6.02. The molecule has 0 radical (unpaired) electrons. The molecule has 1 rings (SSSR count). The van der Waals surface area contributed by atoms with Crippen molar-refractivity contribution in [2.24, 2.45) is 34.6 Å². The van der Waals surface area contributed by atoms with Crippen molar-refractivity contribution in [2.45, 2.75) is 27.7 Å². The van der Waals surface area contributed by atoms with E-state index in [4.69, 9.17) is 10.9 Å². The fourth-order valence-electron chi connectivity index (χ4n) is 2.32. The molecule has 3 unspecified atom stereocenters. The number of nitrogens with two attached hydrogens (primary N) is 1. The SMILES string of the molecule is CC(C)C(C(=O)N1CC(C)C(C)C1)C(N)=NO. The molecule has 3 N–H and O–H groups in total. The minimum absolute atomic E-state index is 0.0113. The number of carbonyl (C=O) groups is 1. The topological polar surface area (TPSA) is 78.9 Å².